The van der Waals surface area contributed by atoms with Gasteiger partial charge in [-0.1, -0.05) is 0 Å². The lowest BCUT2D eigenvalue weighted by atomic mass is 10.1. The highest BCUT2D eigenvalue weighted by atomic mass is 16.2. The van der Waals surface area contributed by atoms with Gasteiger partial charge in [-0.15, -0.1) is 0 Å². The van der Waals surface area contributed by atoms with E-state index < -0.39 is 0 Å². The summed E-state index contributed by atoms with van der Waals surface area (Å²) in [4.78, 5) is 18.2. The van der Waals surface area contributed by atoms with Crippen molar-refractivity contribution >= 4 is 5.91 Å². The van der Waals surface area contributed by atoms with Crippen LogP contribution in [0.2, 0.25) is 0 Å². The number of fused-ring (bicyclic) bond motifs is 2. The highest BCUT2D eigenvalue weighted by Gasteiger charge is 2.37. The van der Waals surface area contributed by atoms with Gasteiger partial charge in [0, 0.05) is 36.6 Å². The summed E-state index contributed by atoms with van der Waals surface area (Å²) in [5.74, 6) is 0.151. The molecule has 2 saturated heterocycles. The van der Waals surface area contributed by atoms with Crippen molar-refractivity contribution in [3.05, 3.63) is 30.1 Å². The van der Waals surface area contributed by atoms with Gasteiger partial charge in [0.15, 0.2) is 0 Å². The lowest BCUT2D eigenvalue weighted by Gasteiger charge is -2.24. The van der Waals surface area contributed by atoms with Crippen LogP contribution < -0.4 is 5.32 Å². The van der Waals surface area contributed by atoms with Gasteiger partial charge in [-0.3, -0.25) is 9.78 Å². The van der Waals surface area contributed by atoms with Gasteiger partial charge in [0.2, 0.25) is 0 Å². The lowest BCUT2D eigenvalue weighted by Crippen LogP contribution is -2.36. The molecule has 2 aliphatic heterocycles. The summed E-state index contributed by atoms with van der Waals surface area (Å²) in [5, 5.41) is 3.44. The van der Waals surface area contributed by atoms with Crippen molar-refractivity contribution in [1.82, 2.24) is 15.2 Å². The van der Waals surface area contributed by atoms with Crippen LogP contribution in [-0.2, 0) is 0 Å². The fourth-order valence-electron chi connectivity index (χ4n) is 2.70. The molecule has 2 atom stereocenters. The molecule has 2 fully saturated rings. The number of amides is 1. The van der Waals surface area contributed by atoms with E-state index in [-0.39, 0.29) is 5.91 Å². The zero-order valence-electron chi connectivity index (χ0n) is 9.10. The van der Waals surface area contributed by atoms with E-state index in [0.717, 1.165) is 31.5 Å². The first-order valence-electron chi connectivity index (χ1n) is 5.79. The third-order valence-electron chi connectivity index (χ3n) is 3.51. The van der Waals surface area contributed by atoms with Crippen molar-refractivity contribution in [1.29, 1.82) is 0 Å². The SMILES string of the molecule is O=C(c1ccncc1)N1CC2CC1CCN2. The molecule has 2 unspecified atom stereocenters. The van der Waals surface area contributed by atoms with Crippen LogP contribution >= 0.6 is 0 Å². The molecule has 1 N–H and O–H groups in total. The molecular formula is C12H15N3O. The number of pyridine rings is 1. The monoisotopic (exact) mass is 217 g/mol. The highest BCUT2D eigenvalue weighted by molar-refractivity contribution is 5.94. The maximum atomic E-state index is 12.3. The van der Waals surface area contributed by atoms with Crippen molar-refractivity contribution < 1.29 is 4.79 Å². The molecule has 2 bridgehead atoms. The summed E-state index contributed by atoms with van der Waals surface area (Å²) in [5.41, 5.74) is 0.752. The van der Waals surface area contributed by atoms with Gasteiger partial charge in [0.1, 0.15) is 0 Å². The lowest BCUT2D eigenvalue weighted by molar-refractivity contribution is 0.0736. The Bertz CT molecular complexity index is 393. The predicted molar refractivity (Wildman–Crippen MR) is 60.1 cm³/mol. The number of hydrogen-bond donors (Lipinski definition) is 1. The number of rotatable bonds is 1. The van der Waals surface area contributed by atoms with Gasteiger partial charge >= 0.3 is 0 Å². The molecule has 4 nitrogen and oxygen atoms in total. The molecule has 0 aliphatic carbocycles. The van der Waals surface area contributed by atoms with Crippen LogP contribution in [0.5, 0.6) is 0 Å². The number of nitrogens with zero attached hydrogens (tertiary/aromatic N) is 2. The summed E-state index contributed by atoms with van der Waals surface area (Å²) >= 11 is 0. The third-order valence-corrected chi connectivity index (χ3v) is 3.51. The molecule has 1 amide bonds. The molecule has 2 aliphatic rings. The molecular weight excluding hydrogens is 202 g/mol. The van der Waals surface area contributed by atoms with Crippen molar-refractivity contribution in [2.24, 2.45) is 0 Å². The molecule has 0 radical (unpaired) electrons. The van der Waals surface area contributed by atoms with Crippen LogP contribution in [0.4, 0.5) is 0 Å². The van der Waals surface area contributed by atoms with Crippen molar-refractivity contribution in [3.63, 3.8) is 0 Å². The van der Waals surface area contributed by atoms with E-state index in [2.05, 4.69) is 10.3 Å². The summed E-state index contributed by atoms with van der Waals surface area (Å²) in [6.45, 7) is 1.89. The smallest absolute Gasteiger partial charge is 0.254 e. The molecule has 0 aromatic carbocycles. The summed E-state index contributed by atoms with van der Waals surface area (Å²) in [7, 11) is 0. The second-order valence-electron chi connectivity index (χ2n) is 4.52. The Hall–Kier alpha value is -1.42. The average molecular weight is 217 g/mol. The van der Waals surface area contributed by atoms with Crippen LogP contribution in [0.15, 0.2) is 24.5 Å². The van der Waals surface area contributed by atoms with Crippen LogP contribution in [0.1, 0.15) is 23.2 Å². The van der Waals surface area contributed by atoms with Gasteiger partial charge in [0.05, 0.1) is 0 Å². The van der Waals surface area contributed by atoms with Crippen molar-refractivity contribution in [2.45, 2.75) is 24.9 Å². The Balaban J connectivity index is 1.81. The highest BCUT2D eigenvalue weighted by Crippen LogP contribution is 2.25. The van der Waals surface area contributed by atoms with Gasteiger partial charge in [-0.05, 0) is 31.5 Å². The second-order valence-corrected chi connectivity index (χ2v) is 4.52. The predicted octanol–water partition coefficient (Wildman–Crippen LogP) is 0.658. The number of nitrogens with one attached hydrogen (secondary N) is 1. The minimum absolute atomic E-state index is 0.151. The van der Waals surface area contributed by atoms with E-state index in [1.807, 2.05) is 4.90 Å². The normalized spacial score (nSPS) is 28.1. The molecule has 1 aromatic heterocycles. The van der Waals surface area contributed by atoms with Crippen LogP contribution in [0.3, 0.4) is 0 Å². The third kappa shape index (κ3) is 1.59. The molecule has 3 heterocycles. The van der Waals surface area contributed by atoms with Gasteiger partial charge < -0.3 is 10.2 Å². The molecule has 16 heavy (non-hydrogen) atoms. The number of carbonyl (C=O) groups is 1. The zero-order valence-corrected chi connectivity index (χ0v) is 9.10. The van der Waals surface area contributed by atoms with Gasteiger partial charge in [0.25, 0.3) is 5.91 Å². The van der Waals surface area contributed by atoms with Crippen molar-refractivity contribution in [2.75, 3.05) is 13.1 Å². The Morgan fingerprint density at radius 2 is 2.25 bits per heavy atom. The average Bonchev–Trinajstić information content (AvgIpc) is 2.64. The minimum atomic E-state index is 0.151. The second kappa shape index (κ2) is 3.87. The maximum absolute atomic E-state index is 12.3. The Labute approximate surface area is 94.7 Å². The van der Waals surface area contributed by atoms with E-state index in [9.17, 15) is 4.79 Å². The fraction of sp³-hybridized carbons (Fsp3) is 0.500. The van der Waals surface area contributed by atoms with Crippen LogP contribution in [0.25, 0.3) is 0 Å². The molecule has 4 heteroatoms. The molecule has 0 saturated carbocycles. The standard InChI is InChI=1S/C12H15N3O/c16-12(9-1-4-13-5-2-9)15-8-10-7-11(15)3-6-14-10/h1-2,4-5,10-11,14H,3,6-8H2. The topological polar surface area (TPSA) is 45.2 Å². The van der Waals surface area contributed by atoms with Crippen molar-refractivity contribution in [3.8, 4) is 0 Å². The number of likely N-dealkylation sites (tertiary alicyclic amines) is 1. The quantitative estimate of drug-likeness (QED) is 0.751. The van der Waals surface area contributed by atoms with Gasteiger partial charge in [-0.2, -0.15) is 0 Å². The summed E-state index contributed by atoms with van der Waals surface area (Å²) in [6, 6.07) is 4.52. The van der Waals surface area contributed by atoms with E-state index in [4.69, 9.17) is 0 Å². The van der Waals surface area contributed by atoms with E-state index in [1.165, 1.54) is 0 Å². The molecule has 3 rings (SSSR count). The number of carbonyl (C=O) groups excluding carboxylic acids is 1. The molecule has 0 spiro atoms. The number of aromatic nitrogens is 1. The van der Waals surface area contributed by atoms with Crippen LogP contribution in [-0.4, -0.2) is 41.0 Å². The summed E-state index contributed by atoms with van der Waals surface area (Å²) < 4.78 is 0. The Kier molecular flexibility index (Phi) is 2.36. The van der Waals surface area contributed by atoms with Crippen LogP contribution in [0, 0.1) is 0 Å². The summed E-state index contributed by atoms with van der Waals surface area (Å²) in [6.07, 6.45) is 5.53. The van der Waals surface area contributed by atoms with E-state index in [0.29, 0.717) is 12.1 Å². The van der Waals surface area contributed by atoms with Gasteiger partial charge in [-0.25, -0.2) is 0 Å². The first kappa shape index (κ1) is 9.78. The maximum Gasteiger partial charge on any atom is 0.254 e. The Morgan fingerprint density at radius 1 is 1.44 bits per heavy atom. The first-order chi connectivity index (χ1) is 7.84. The van der Waals surface area contributed by atoms with E-state index in [1.54, 1.807) is 24.5 Å². The zero-order chi connectivity index (χ0) is 11.0. The first-order valence-corrected chi connectivity index (χ1v) is 5.79. The number of piperidine rings is 1. The molecule has 1 aromatic rings. The largest absolute Gasteiger partial charge is 0.334 e. The molecule has 84 valence electrons. The Morgan fingerprint density at radius 3 is 3.00 bits per heavy atom. The minimum Gasteiger partial charge on any atom is -0.334 e. The number of hydrogen-bond acceptors (Lipinski definition) is 3. The fourth-order valence-corrected chi connectivity index (χ4v) is 2.70. The van der Waals surface area contributed by atoms with E-state index >= 15 is 0 Å².